The maximum Gasteiger partial charge on any atom is 0.279 e. The number of carbonyl (C=O) groups is 2. The Hall–Kier alpha value is -3.22. The second-order valence-electron chi connectivity index (χ2n) is 6.20. The lowest BCUT2D eigenvalue weighted by Crippen LogP contribution is -2.47. The van der Waals surface area contributed by atoms with Crippen LogP contribution in [0.5, 0.6) is 17.2 Å². The number of nitrogens with one attached hydrogen (secondary N) is 2. The van der Waals surface area contributed by atoms with Crippen molar-refractivity contribution in [2.75, 3.05) is 13.7 Å². The van der Waals surface area contributed by atoms with E-state index in [9.17, 15) is 9.59 Å². The standard InChI is InChI=1S/C21H26N2O5/c1-6-27-18-11-10-16(12-19(18)26-5)21(25)23-22-20(24)15(4)28-17-9-7-8-13(2)14(17)3/h7-12,15H,6H2,1-5H3,(H,22,24)(H,23,25)/t15-/m1/s1. The summed E-state index contributed by atoms with van der Waals surface area (Å²) in [4.78, 5) is 24.5. The van der Waals surface area contributed by atoms with Crippen LogP contribution in [-0.4, -0.2) is 31.6 Å². The molecule has 0 aromatic heterocycles. The second kappa shape index (κ2) is 9.64. The smallest absolute Gasteiger partial charge is 0.279 e. The molecule has 0 heterocycles. The molecule has 28 heavy (non-hydrogen) atoms. The molecule has 2 amide bonds. The first-order valence-corrected chi connectivity index (χ1v) is 9.01. The van der Waals surface area contributed by atoms with Gasteiger partial charge in [-0.1, -0.05) is 12.1 Å². The van der Waals surface area contributed by atoms with Crippen LogP contribution in [0.4, 0.5) is 0 Å². The molecule has 2 aromatic rings. The van der Waals surface area contributed by atoms with Crippen LogP contribution >= 0.6 is 0 Å². The minimum Gasteiger partial charge on any atom is -0.493 e. The fourth-order valence-corrected chi connectivity index (χ4v) is 2.47. The van der Waals surface area contributed by atoms with E-state index >= 15 is 0 Å². The summed E-state index contributed by atoms with van der Waals surface area (Å²) in [5.74, 6) is 0.666. The number of aryl methyl sites for hydroxylation is 1. The van der Waals surface area contributed by atoms with Gasteiger partial charge < -0.3 is 14.2 Å². The number of carbonyl (C=O) groups excluding carboxylic acids is 2. The van der Waals surface area contributed by atoms with E-state index in [-0.39, 0.29) is 0 Å². The van der Waals surface area contributed by atoms with Gasteiger partial charge in [-0.05, 0) is 63.1 Å². The van der Waals surface area contributed by atoms with Crippen molar-refractivity contribution in [2.24, 2.45) is 0 Å². The fourth-order valence-electron chi connectivity index (χ4n) is 2.47. The summed E-state index contributed by atoms with van der Waals surface area (Å²) in [5.41, 5.74) is 7.12. The molecule has 0 fully saturated rings. The van der Waals surface area contributed by atoms with Gasteiger partial charge in [0.25, 0.3) is 11.8 Å². The average Bonchev–Trinajstić information content (AvgIpc) is 2.69. The van der Waals surface area contributed by atoms with Crippen LogP contribution in [0, 0.1) is 13.8 Å². The number of amides is 2. The SMILES string of the molecule is CCOc1ccc(C(=O)NNC(=O)[C@@H](C)Oc2cccc(C)c2C)cc1OC. The van der Waals surface area contributed by atoms with Gasteiger partial charge >= 0.3 is 0 Å². The highest BCUT2D eigenvalue weighted by Crippen LogP contribution is 2.28. The number of hydrogen-bond donors (Lipinski definition) is 2. The Labute approximate surface area is 165 Å². The van der Waals surface area contributed by atoms with Crippen LogP contribution < -0.4 is 25.1 Å². The van der Waals surface area contributed by atoms with Crippen LogP contribution in [0.1, 0.15) is 35.3 Å². The summed E-state index contributed by atoms with van der Waals surface area (Å²) < 4.78 is 16.4. The average molecular weight is 386 g/mol. The Morgan fingerprint density at radius 2 is 1.79 bits per heavy atom. The third-order valence-corrected chi connectivity index (χ3v) is 4.25. The topological polar surface area (TPSA) is 85.9 Å². The highest BCUT2D eigenvalue weighted by molar-refractivity contribution is 5.96. The summed E-state index contributed by atoms with van der Waals surface area (Å²) in [6.45, 7) is 7.85. The van der Waals surface area contributed by atoms with Crippen LogP contribution in [0.25, 0.3) is 0 Å². The first kappa shape index (κ1) is 21.1. The van der Waals surface area contributed by atoms with E-state index in [2.05, 4.69) is 10.9 Å². The lowest BCUT2D eigenvalue weighted by Gasteiger charge is -2.17. The maximum atomic E-state index is 12.3. The summed E-state index contributed by atoms with van der Waals surface area (Å²) in [7, 11) is 1.49. The summed E-state index contributed by atoms with van der Waals surface area (Å²) >= 11 is 0. The Morgan fingerprint density at radius 1 is 1.04 bits per heavy atom. The predicted molar refractivity (Wildman–Crippen MR) is 106 cm³/mol. The maximum absolute atomic E-state index is 12.3. The molecule has 0 saturated heterocycles. The van der Waals surface area contributed by atoms with E-state index in [1.807, 2.05) is 32.9 Å². The van der Waals surface area contributed by atoms with Crippen molar-refractivity contribution in [3.63, 3.8) is 0 Å². The molecule has 0 radical (unpaired) electrons. The largest absolute Gasteiger partial charge is 0.493 e. The number of methoxy groups -OCH3 is 1. The van der Waals surface area contributed by atoms with Gasteiger partial charge in [-0.2, -0.15) is 0 Å². The van der Waals surface area contributed by atoms with E-state index in [4.69, 9.17) is 14.2 Å². The van der Waals surface area contributed by atoms with E-state index in [0.29, 0.717) is 29.4 Å². The zero-order chi connectivity index (χ0) is 20.7. The Morgan fingerprint density at radius 3 is 2.46 bits per heavy atom. The zero-order valence-electron chi connectivity index (χ0n) is 16.8. The highest BCUT2D eigenvalue weighted by atomic mass is 16.5. The molecule has 0 aliphatic heterocycles. The molecule has 0 bridgehead atoms. The van der Waals surface area contributed by atoms with Crippen LogP contribution in [-0.2, 0) is 4.79 Å². The monoisotopic (exact) mass is 386 g/mol. The molecular formula is C21H26N2O5. The molecule has 0 aliphatic carbocycles. The van der Waals surface area contributed by atoms with Crippen LogP contribution in [0.2, 0.25) is 0 Å². The molecule has 0 aliphatic rings. The van der Waals surface area contributed by atoms with E-state index in [0.717, 1.165) is 11.1 Å². The number of rotatable bonds is 7. The third-order valence-electron chi connectivity index (χ3n) is 4.25. The van der Waals surface area contributed by atoms with Crippen molar-refractivity contribution in [3.8, 4) is 17.2 Å². The van der Waals surface area contributed by atoms with Gasteiger partial charge in [0, 0.05) is 5.56 Å². The number of hydrazine groups is 1. The van der Waals surface area contributed by atoms with E-state index in [1.165, 1.54) is 7.11 Å². The van der Waals surface area contributed by atoms with Crippen LogP contribution in [0.15, 0.2) is 36.4 Å². The Balaban J connectivity index is 1.96. The number of ether oxygens (including phenoxy) is 3. The van der Waals surface area contributed by atoms with Crippen molar-refractivity contribution >= 4 is 11.8 Å². The predicted octanol–water partition coefficient (Wildman–Crippen LogP) is 2.94. The minimum atomic E-state index is -0.782. The molecule has 7 heteroatoms. The Bertz CT molecular complexity index is 851. The summed E-state index contributed by atoms with van der Waals surface area (Å²) in [6, 6.07) is 10.4. The fraction of sp³-hybridized carbons (Fsp3) is 0.333. The molecule has 7 nitrogen and oxygen atoms in total. The van der Waals surface area contributed by atoms with Gasteiger partial charge in [0.2, 0.25) is 0 Å². The molecular weight excluding hydrogens is 360 g/mol. The molecule has 2 rings (SSSR count). The van der Waals surface area contributed by atoms with Gasteiger partial charge in [0.15, 0.2) is 17.6 Å². The van der Waals surface area contributed by atoms with Crippen LogP contribution in [0.3, 0.4) is 0 Å². The lowest BCUT2D eigenvalue weighted by molar-refractivity contribution is -0.128. The molecule has 150 valence electrons. The minimum absolute atomic E-state index is 0.323. The van der Waals surface area contributed by atoms with Crippen molar-refractivity contribution < 1.29 is 23.8 Å². The van der Waals surface area contributed by atoms with E-state index in [1.54, 1.807) is 31.2 Å². The first-order chi connectivity index (χ1) is 13.4. The van der Waals surface area contributed by atoms with Crippen molar-refractivity contribution in [2.45, 2.75) is 33.8 Å². The number of hydrogen-bond acceptors (Lipinski definition) is 5. The van der Waals surface area contributed by atoms with Gasteiger partial charge in [-0.25, -0.2) is 0 Å². The molecule has 0 unspecified atom stereocenters. The van der Waals surface area contributed by atoms with Crippen molar-refractivity contribution in [1.29, 1.82) is 0 Å². The molecule has 0 saturated carbocycles. The van der Waals surface area contributed by atoms with Crippen molar-refractivity contribution in [3.05, 3.63) is 53.1 Å². The normalized spacial score (nSPS) is 11.3. The first-order valence-electron chi connectivity index (χ1n) is 9.01. The van der Waals surface area contributed by atoms with Gasteiger partial charge in [-0.15, -0.1) is 0 Å². The molecule has 1 atom stereocenters. The molecule has 2 N–H and O–H groups in total. The summed E-state index contributed by atoms with van der Waals surface area (Å²) in [6.07, 6.45) is -0.782. The second-order valence-corrected chi connectivity index (χ2v) is 6.20. The van der Waals surface area contributed by atoms with Gasteiger partial charge in [0.1, 0.15) is 5.75 Å². The van der Waals surface area contributed by atoms with Crippen molar-refractivity contribution in [1.82, 2.24) is 10.9 Å². The Kier molecular flexibility index (Phi) is 7.26. The zero-order valence-corrected chi connectivity index (χ0v) is 16.8. The van der Waals surface area contributed by atoms with E-state index < -0.39 is 17.9 Å². The molecule has 0 spiro atoms. The number of benzene rings is 2. The lowest BCUT2D eigenvalue weighted by atomic mass is 10.1. The van der Waals surface area contributed by atoms with Gasteiger partial charge in [-0.3, -0.25) is 20.4 Å². The molecule has 2 aromatic carbocycles. The third kappa shape index (κ3) is 5.16. The quantitative estimate of drug-likeness (QED) is 0.715. The highest BCUT2D eigenvalue weighted by Gasteiger charge is 2.18. The summed E-state index contributed by atoms with van der Waals surface area (Å²) in [5, 5.41) is 0. The van der Waals surface area contributed by atoms with Gasteiger partial charge in [0.05, 0.1) is 13.7 Å².